The highest BCUT2D eigenvalue weighted by Gasteiger charge is 2.20. The first-order valence-corrected chi connectivity index (χ1v) is 9.14. The minimum atomic E-state index is -0.413. The van der Waals surface area contributed by atoms with Crippen LogP contribution in [0, 0.1) is 0 Å². The van der Waals surface area contributed by atoms with E-state index in [2.05, 4.69) is 16.1 Å². The molecule has 4 rings (SSSR count). The first-order chi connectivity index (χ1) is 12.8. The molecule has 0 bridgehead atoms. The van der Waals surface area contributed by atoms with Crippen LogP contribution in [0.3, 0.4) is 0 Å². The van der Waals surface area contributed by atoms with Gasteiger partial charge >= 0.3 is 5.97 Å². The molecule has 1 saturated heterocycles. The van der Waals surface area contributed by atoms with Crippen LogP contribution >= 0.6 is 0 Å². The van der Waals surface area contributed by atoms with Gasteiger partial charge in [-0.2, -0.15) is 9.61 Å². The molecule has 1 aliphatic rings. The van der Waals surface area contributed by atoms with E-state index < -0.39 is 5.97 Å². The van der Waals surface area contributed by atoms with Gasteiger partial charge in [0.2, 0.25) is 0 Å². The summed E-state index contributed by atoms with van der Waals surface area (Å²) in [4.78, 5) is 19.2. The molecule has 0 aliphatic carbocycles. The number of nitrogens with zero attached hydrogens (tertiary/aromatic N) is 4. The molecule has 0 N–H and O–H groups in total. The molecule has 0 unspecified atom stereocenters. The molecule has 0 atom stereocenters. The van der Waals surface area contributed by atoms with Crippen molar-refractivity contribution in [1.29, 1.82) is 0 Å². The summed E-state index contributed by atoms with van der Waals surface area (Å²) < 4.78 is 6.87. The van der Waals surface area contributed by atoms with Crippen molar-refractivity contribution in [2.75, 3.05) is 24.6 Å². The number of piperidine rings is 1. The van der Waals surface area contributed by atoms with Gasteiger partial charge in [-0.3, -0.25) is 0 Å². The van der Waals surface area contributed by atoms with Gasteiger partial charge in [-0.05, 0) is 26.2 Å². The Morgan fingerprint density at radius 3 is 2.62 bits per heavy atom. The smallest absolute Gasteiger partial charge is 0.358 e. The predicted octanol–water partition coefficient (Wildman–Crippen LogP) is 3.56. The van der Waals surface area contributed by atoms with E-state index >= 15 is 0 Å². The third-order valence-electron chi connectivity index (χ3n) is 4.64. The topological polar surface area (TPSA) is 59.7 Å². The molecule has 26 heavy (non-hydrogen) atoms. The van der Waals surface area contributed by atoms with Crippen LogP contribution in [-0.2, 0) is 4.74 Å². The van der Waals surface area contributed by atoms with E-state index in [1.807, 2.05) is 30.3 Å². The summed E-state index contributed by atoms with van der Waals surface area (Å²) >= 11 is 0. The van der Waals surface area contributed by atoms with Crippen LogP contribution in [0.4, 0.5) is 5.82 Å². The molecule has 1 aliphatic heterocycles. The zero-order valence-corrected chi connectivity index (χ0v) is 14.9. The lowest BCUT2D eigenvalue weighted by Crippen LogP contribution is -2.31. The molecule has 6 nitrogen and oxygen atoms in total. The van der Waals surface area contributed by atoms with Crippen molar-refractivity contribution in [2.24, 2.45) is 0 Å². The number of esters is 1. The molecule has 134 valence electrons. The third kappa shape index (κ3) is 3.14. The van der Waals surface area contributed by atoms with Crippen molar-refractivity contribution >= 4 is 17.4 Å². The van der Waals surface area contributed by atoms with Crippen LogP contribution in [0.25, 0.3) is 16.9 Å². The molecule has 0 amide bonds. The highest BCUT2D eigenvalue weighted by atomic mass is 16.5. The number of aromatic nitrogens is 3. The van der Waals surface area contributed by atoms with Crippen LogP contribution < -0.4 is 4.90 Å². The Hall–Kier alpha value is -2.89. The van der Waals surface area contributed by atoms with E-state index in [4.69, 9.17) is 9.72 Å². The molecule has 1 fully saturated rings. The maximum atomic E-state index is 12.1. The number of ether oxygens (including phenoxy) is 1. The molecule has 6 heteroatoms. The molecular weight excluding hydrogens is 328 g/mol. The standard InChI is InChI=1S/C20H22N4O2/c1-2-26-20(25)17-13-18-21-16(15-9-5-3-6-10-15)14-19(24(18)22-17)23-11-7-4-8-12-23/h3,5-6,9-10,13-14H,2,4,7-8,11-12H2,1H3. The lowest BCUT2D eigenvalue weighted by Gasteiger charge is -2.29. The lowest BCUT2D eigenvalue weighted by molar-refractivity contribution is 0.0519. The Morgan fingerprint density at radius 1 is 1.12 bits per heavy atom. The zero-order chi connectivity index (χ0) is 17.9. The van der Waals surface area contributed by atoms with Crippen molar-refractivity contribution in [3.63, 3.8) is 0 Å². The van der Waals surface area contributed by atoms with Crippen LogP contribution in [-0.4, -0.2) is 40.3 Å². The summed E-state index contributed by atoms with van der Waals surface area (Å²) in [7, 11) is 0. The Labute approximate surface area is 152 Å². The molecule has 3 aromatic rings. The maximum Gasteiger partial charge on any atom is 0.358 e. The summed E-state index contributed by atoms with van der Waals surface area (Å²) in [6.07, 6.45) is 3.58. The summed E-state index contributed by atoms with van der Waals surface area (Å²) in [5, 5.41) is 4.48. The highest BCUT2D eigenvalue weighted by molar-refractivity contribution is 5.88. The summed E-state index contributed by atoms with van der Waals surface area (Å²) in [5.74, 6) is 0.563. The monoisotopic (exact) mass is 350 g/mol. The van der Waals surface area contributed by atoms with Crippen molar-refractivity contribution in [2.45, 2.75) is 26.2 Å². The minimum Gasteiger partial charge on any atom is -0.461 e. The van der Waals surface area contributed by atoms with Gasteiger partial charge in [-0.15, -0.1) is 0 Å². The molecule has 0 spiro atoms. The fourth-order valence-corrected chi connectivity index (χ4v) is 3.37. The van der Waals surface area contributed by atoms with Crippen LogP contribution in [0.5, 0.6) is 0 Å². The third-order valence-corrected chi connectivity index (χ3v) is 4.64. The lowest BCUT2D eigenvalue weighted by atomic mass is 10.1. The number of benzene rings is 1. The number of carbonyl (C=O) groups excluding carboxylic acids is 1. The fraction of sp³-hybridized carbons (Fsp3) is 0.350. The number of hydrogen-bond donors (Lipinski definition) is 0. The Kier molecular flexibility index (Phi) is 4.56. The number of fused-ring (bicyclic) bond motifs is 1. The van der Waals surface area contributed by atoms with Gasteiger partial charge in [-0.25, -0.2) is 9.78 Å². The van der Waals surface area contributed by atoms with E-state index in [0.29, 0.717) is 17.9 Å². The fourth-order valence-electron chi connectivity index (χ4n) is 3.37. The Morgan fingerprint density at radius 2 is 1.88 bits per heavy atom. The highest BCUT2D eigenvalue weighted by Crippen LogP contribution is 2.27. The van der Waals surface area contributed by atoms with Crippen molar-refractivity contribution in [3.05, 3.63) is 48.2 Å². The number of anilines is 1. The summed E-state index contributed by atoms with van der Waals surface area (Å²) in [5.41, 5.74) is 2.89. The Balaban J connectivity index is 1.85. The Bertz CT molecular complexity index is 914. The van der Waals surface area contributed by atoms with Gasteiger partial charge in [0, 0.05) is 30.8 Å². The van der Waals surface area contributed by atoms with Gasteiger partial charge in [0.25, 0.3) is 0 Å². The zero-order valence-electron chi connectivity index (χ0n) is 14.9. The van der Waals surface area contributed by atoms with Gasteiger partial charge < -0.3 is 9.64 Å². The van der Waals surface area contributed by atoms with Crippen LogP contribution in [0.15, 0.2) is 42.5 Å². The normalized spacial score (nSPS) is 14.6. The average Bonchev–Trinajstić information content (AvgIpc) is 3.13. The van der Waals surface area contributed by atoms with E-state index in [-0.39, 0.29) is 0 Å². The molecule has 3 heterocycles. The number of carbonyl (C=O) groups is 1. The SMILES string of the molecule is CCOC(=O)c1cc2nc(-c3ccccc3)cc(N3CCCCC3)n2n1. The average molecular weight is 350 g/mol. The maximum absolute atomic E-state index is 12.1. The first-order valence-electron chi connectivity index (χ1n) is 9.14. The molecular formula is C20H22N4O2. The minimum absolute atomic E-state index is 0.294. The van der Waals surface area contributed by atoms with E-state index in [9.17, 15) is 4.79 Å². The molecule has 2 aromatic heterocycles. The van der Waals surface area contributed by atoms with Gasteiger partial charge in [0.15, 0.2) is 11.3 Å². The largest absolute Gasteiger partial charge is 0.461 e. The van der Waals surface area contributed by atoms with E-state index in [0.717, 1.165) is 43.0 Å². The molecule has 1 aromatic carbocycles. The van der Waals surface area contributed by atoms with Gasteiger partial charge in [0.05, 0.1) is 12.3 Å². The van der Waals surface area contributed by atoms with Crippen molar-refractivity contribution in [1.82, 2.24) is 14.6 Å². The van der Waals surface area contributed by atoms with Gasteiger partial charge in [-0.1, -0.05) is 30.3 Å². The van der Waals surface area contributed by atoms with Gasteiger partial charge in [0.1, 0.15) is 5.82 Å². The number of rotatable bonds is 4. The summed E-state index contributed by atoms with van der Waals surface area (Å²) in [6, 6.07) is 13.9. The molecule has 0 radical (unpaired) electrons. The second kappa shape index (κ2) is 7.15. The second-order valence-corrected chi connectivity index (χ2v) is 6.43. The van der Waals surface area contributed by atoms with Crippen LogP contribution in [0.1, 0.15) is 36.7 Å². The predicted molar refractivity (Wildman–Crippen MR) is 100 cm³/mol. The number of hydrogen-bond acceptors (Lipinski definition) is 5. The molecule has 0 saturated carbocycles. The quantitative estimate of drug-likeness (QED) is 0.673. The van der Waals surface area contributed by atoms with Crippen molar-refractivity contribution in [3.8, 4) is 11.3 Å². The van der Waals surface area contributed by atoms with Crippen molar-refractivity contribution < 1.29 is 9.53 Å². The first kappa shape index (κ1) is 16.6. The summed E-state index contributed by atoms with van der Waals surface area (Å²) in [6.45, 7) is 4.09. The van der Waals surface area contributed by atoms with E-state index in [1.165, 1.54) is 6.42 Å². The second-order valence-electron chi connectivity index (χ2n) is 6.43. The van der Waals surface area contributed by atoms with E-state index in [1.54, 1.807) is 17.5 Å². The van der Waals surface area contributed by atoms with Crippen LogP contribution in [0.2, 0.25) is 0 Å².